The molecule has 0 saturated carbocycles. The van der Waals surface area contributed by atoms with Gasteiger partial charge in [0, 0.05) is 39.3 Å². The standard InChI is InChI=1S/C33H68N4O6/c1-3-5-7-9-11-13-15-17-20-34-32(42)30(40)28-37(23-19-22-36(24-26-38)25-27-39)29-31(41)33(43)35-21-18-16-14-12-10-8-6-4-2/h30-31,38-41H,3-29H2,1-2H3,(H,34,42)(H,35,43). The average molecular weight is 617 g/mol. The van der Waals surface area contributed by atoms with Crippen molar-refractivity contribution >= 4 is 11.8 Å². The highest BCUT2D eigenvalue weighted by molar-refractivity contribution is 5.81. The van der Waals surface area contributed by atoms with Gasteiger partial charge in [0.15, 0.2) is 0 Å². The first kappa shape index (κ1) is 41.7. The molecule has 2 amide bonds. The van der Waals surface area contributed by atoms with Crippen LogP contribution in [0.1, 0.15) is 123 Å². The number of carbonyl (C=O) groups excluding carboxylic acids is 2. The summed E-state index contributed by atoms with van der Waals surface area (Å²) in [5.74, 6) is -0.882. The molecule has 2 atom stereocenters. The van der Waals surface area contributed by atoms with Crippen molar-refractivity contribution in [3.63, 3.8) is 0 Å². The van der Waals surface area contributed by atoms with E-state index in [0.29, 0.717) is 45.7 Å². The highest BCUT2D eigenvalue weighted by atomic mass is 16.3. The lowest BCUT2D eigenvalue weighted by Crippen LogP contribution is -2.48. The minimum atomic E-state index is -1.27. The predicted molar refractivity (Wildman–Crippen MR) is 175 cm³/mol. The van der Waals surface area contributed by atoms with Crippen LogP contribution in [0.4, 0.5) is 0 Å². The van der Waals surface area contributed by atoms with Crippen LogP contribution in [0.3, 0.4) is 0 Å². The first-order valence-electron chi connectivity index (χ1n) is 17.5. The zero-order valence-corrected chi connectivity index (χ0v) is 27.7. The predicted octanol–water partition coefficient (Wildman–Crippen LogP) is 3.20. The van der Waals surface area contributed by atoms with E-state index >= 15 is 0 Å². The highest BCUT2D eigenvalue weighted by Gasteiger charge is 2.23. The Kier molecular flexibility index (Phi) is 29.8. The van der Waals surface area contributed by atoms with Gasteiger partial charge in [-0.15, -0.1) is 0 Å². The number of hydrogen-bond acceptors (Lipinski definition) is 8. The van der Waals surface area contributed by atoms with Gasteiger partial charge in [0.2, 0.25) is 11.8 Å². The maximum absolute atomic E-state index is 12.6. The smallest absolute Gasteiger partial charge is 0.250 e. The van der Waals surface area contributed by atoms with Gasteiger partial charge >= 0.3 is 0 Å². The molecule has 0 saturated heterocycles. The number of hydrogen-bond donors (Lipinski definition) is 6. The molecule has 0 radical (unpaired) electrons. The summed E-state index contributed by atoms with van der Waals surface area (Å²) >= 11 is 0. The molecule has 0 bridgehead atoms. The monoisotopic (exact) mass is 617 g/mol. The molecule has 0 aliphatic heterocycles. The third kappa shape index (κ3) is 25.7. The molecule has 0 heterocycles. The van der Waals surface area contributed by atoms with E-state index in [0.717, 1.165) is 38.5 Å². The average Bonchev–Trinajstić information content (AvgIpc) is 2.99. The van der Waals surface area contributed by atoms with E-state index in [1.165, 1.54) is 64.2 Å². The summed E-state index contributed by atoms with van der Waals surface area (Å²) in [6, 6.07) is 0. The molecule has 0 aliphatic carbocycles. The fourth-order valence-electron chi connectivity index (χ4n) is 5.22. The van der Waals surface area contributed by atoms with E-state index < -0.39 is 24.0 Å². The number of unbranched alkanes of at least 4 members (excludes halogenated alkanes) is 14. The van der Waals surface area contributed by atoms with Crippen LogP contribution in [-0.4, -0.2) is 120 Å². The zero-order valence-electron chi connectivity index (χ0n) is 27.7. The normalized spacial score (nSPS) is 13.0. The highest BCUT2D eigenvalue weighted by Crippen LogP contribution is 2.09. The van der Waals surface area contributed by atoms with Gasteiger partial charge < -0.3 is 31.1 Å². The summed E-state index contributed by atoms with van der Waals surface area (Å²) in [7, 11) is 0. The van der Waals surface area contributed by atoms with Crippen LogP contribution in [0.5, 0.6) is 0 Å². The summed E-state index contributed by atoms with van der Waals surface area (Å²) in [6.45, 7) is 7.36. The second kappa shape index (κ2) is 30.7. The van der Waals surface area contributed by atoms with Crippen LogP contribution in [0.25, 0.3) is 0 Å². The van der Waals surface area contributed by atoms with Gasteiger partial charge in [0.25, 0.3) is 0 Å². The lowest BCUT2D eigenvalue weighted by Gasteiger charge is -2.28. The molecular weight excluding hydrogens is 548 g/mol. The van der Waals surface area contributed by atoms with E-state index in [1.807, 2.05) is 4.90 Å². The maximum atomic E-state index is 12.6. The zero-order chi connectivity index (χ0) is 32.0. The molecule has 2 unspecified atom stereocenters. The van der Waals surface area contributed by atoms with Gasteiger partial charge in [0.05, 0.1) is 13.2 Å². The van der Waals surface area contributed by atoms with Crippen molar-refractivity contribution in [2.45, 2.75) is 135 Å². The Morgan fingerprint density at radius 2 is 0.860 bits per heavy atom. The van der Waals surface area contributed by atoms with E-state index in [4.69, 9.17) is 0 Å². The Hall–Kier alpha value is -1.30. The van der Waals surface area contributed by atoms with Crippen LogP contribution < -0.4 is 10.6 Å². The van der Waals surface area contributed by atoms with Gasteiger partial charge in [-0.1, -0.05) is 104 Å². The van der Waals surface area contributed by atoms with E-state index in [2.05, 4.69) is 24.5 Å². The van der Waals surface area contributed by atoms with Crippen LogP contribution >= 0.6 is 0 Å². The molecule has 0 aromatic rings. The Balaban J connectivity index is 4.63. The number of nitrogens with one attached hydrogen (secondary N) is 2. The number of amides is 2. The van der Waals surface area contributed by atoms with E-state index in [1.54, 1.807) is 4.90 Å². The maximum Gasteiger partial charge on any atom is 0.250 e. The van der Waals surface area contributed by atoms with Crippen molar-refractivity contribution in [1.29, 1.82) is 0 Å². The third-order valence-electron chi connectivity index (χ3n) is 7.91. The number of carbonyl (C=O) groups is 2. The minimum absolute atomic E-state index is 0.00559. The topological polar surface area (TPSA) is 146 Å². The second-order valence-corrected chi connectivity index (χ2v) is 12.0. The first-order chi connectivity index (χ1) is 20.9. The summed E-state index contributed by atoms with van der Waals surface area (Å²) in [6.07, 6.45) is 16.8. The second-order valence-electron chi connectivity index (χ2n) is 12.0. The molecule has 10 nitrogen and oxygen atoms in total. The van der Waals surface area contributed by atoms with E-state index in [9.17, 15) is 30.0 Å². The minimum Gasteiger partial charge on any atom is -0.395 e. The van der Waals surface area contributed by atoms with Crippen molar-refractivity contribution in [3.05, 3.63) is 0 Å². The summed E-state index contributed by atoms with van der Waals surface area (Å²) in [5, 5.41) is 45.4. The lowest BCUT2D eigenvalue weighted by atomic mass is 10.1. The number of aliphatic hydroxyl groups is 4. The van der Waals surface area contributed by atoms with Crippen LogP contribution in [-0.2, 0) is 9.59 Å². The van der Waals surface area contributed by atoms with Crippen molar-refractivity contribution in [1.82, 2.24) is 20.4 Å². The molecule has 6 N–H and O–H groups in total. The van der Waals surface area contributed by atoms with Gasteiger partial charge in [-0.3, -0.25) is 19.4 Å². The van der Waals surface area contributed by atoms with E-state index in [-0.39, 0.29) is 26.3 Å². The van der Waals surface area contributed by atoms with Crippen molar-refractivity contribution in [2.75, 3.05) is 65.6 Å². The molecule has 0 rings (SSSR count). The fourth-order valence-corrected chi connectivity index (χ4v) is 5.22. The summed E-state index contributed by atoms with van der Waals surface area (Å²) in [4.78, 5) is 28.8. The SMILES string of the molecule is CCCCCCCCCCNC(=O)C(O)CN(CCCN(CCO)CCO)CC(O)C(=O)NCCCCCCCCCC. The molecule has 256 valence electrons. The Morgan fingerprint density at radius 3 is 1.23 bits per heavy atom. The fraction of sp³-hybridized carbons (Fsp3) is 0.939. The molecule has 10 heteroatoms. The Bertz CT molecular complexity index is 595. The van der Waals surface area contributed by atoms with Gasteiger partial charge in [-0.2, -0.15) is 0 Å². The Morgan fingerprint density at radius 1 is 0.512 bits per heavy atom. The van der Waals surface area contributed by atoms with Crippen LogP contribution in [0, 0.1) is 0 Å². The quantitative estimate of drug-likeness (QED) is 0.0632. The summed E-state index contributed by atoms with van der Waals surface area (Å²) in [5.41, 5.74) is 0. The largest absolute Gasteiger partial charge is 0.395 e. The first-order valence-corrected chi connectivity index (χ1v) is 17.5. The third-order valence-corrected chi connectivity index (χ3v) is 7.91. The molecular formula is C33H68N4O6. The molecule has 0 spiro atoms. The number of aliphatic hydroxyl groups excluding tert-OH is 4. The Labute approximate surface area is 263 Å². The number of rotatable bonds is 32. The van der Waals surface area contributed by atoms with Crippen molar-refractivity contribution < 1.29 is 30.0 Å². The van der Waals surface area contributed by atoms with Gasteiger partial charge in [-0.25, -0.2) is 0 Å². The number of nitrogens with zero attached hydrogens (tertiary/aromatic N) is 2. The molecule has 0 aromatic carbocycles. The van der Waals surface area contributed by atoms with Crippen LogP contribution in [0.2, 0.25) is 0 Å². The summed E-state index contributed by atoms with van der Waals surface area (Å²) < 4.78 is 0. The molecule has 0 aromatic heterocycles. The lowest BCUT2D eigenvalue weighted by molar-refractivity contribution is -0.132. The molecule has 43 heavy (non-hydrogen) atoms. The van der Waals surface area contributed by atoms with Gasteiger partial charge in [-0.05, 0) is 32.4 Å². The van der Waals surface area contributed by atoms with Crippen molar-refractivity contribution in [2.24, 2.45) is 0 Å². The molecule has 0 aliphatic rings. The van der Waals surface area contributed by atoms with Crippen molar-refractivity contribution in [3.8, 4) is 0 Å². The molecule has 0 fully saturated rings. The van der Waals surface area contributed by atoms with Gasteiger partial charge in [0.1, 0.15) is 12.2 Å². The van der Waals surface area contributed by atoms with Crippen LogP contribution in [0.15, 0.2) is 0 Å².